The summed E-state index contributed by atoms with van der Waals surface area (Å²) in [6, 6.07) is 7.33. The number of sulfone groups is 1. The van der Waals surface area contributed by atoms with Crippen LogP contribution in [0, 0.1) is 6.92 Å². The van der Waals surface area contributed by atoms with Crippen molar-refractivity contribution < 1.29 is 8.42 Å². The highest BCUT2D eigenvalue weighted by atomic mass is 32.2. The van der Waals surface area contributed by atoms with E-state index in [1.54, 1.807) is 0 Å². The predicted molar refractivity (Wildman–Crippen MR) is 86.5 cm³/mol. The van der Waals surface area contributed by atoms with Gasteiger partial charge in [0.15, 0.2) is 9.84 Å². The van der Waals surface area contributed by atoms with Crippen LogP contribution < -0.4 is 10.2 Å². The first-order valence-corrected chi connectivity index (χ1v) is 9.53. The van der Waals surface area contributed by atoms with Crippen LogP contribution in [0.4, 0.5) is 5.69 Å². The molecule has 1 aromatic rings. The lowest BCUT2D eigenvalue weighted by Crippen LogP contribution is -2.33. The fourth-order valence-corrected chi connectivity index (χ4v) is 4.82. The molecule has 3 rings (SSSR count). The summed E-state index contributed by atoms with van der Waals surface area (Å²) in [5.41, 5.74) is 3.67. The van der Waals surface area contributed by atoms with E-state index in [2.05, 4.69) is 35.3 Å². The minimum absolute atomic E-state index is 0.115. The van der Waals surface area contributed by atoms with Crippen molar-refractivity contribution >= 4 is 15.5 Å². The summed E-state index contributed by atoms with van der Waals surface area (Å²) in [5, 5.41) is 3.52. The smallest absolute Gasteiger partial charge is 0.152 e. The van der Waals surface area contributed by atoms with Crippen LogP contribution in [0.5, 0.6) is 0 Å². The molecule has 1 N–H and O–H groups in total. The lowest BCUT2D eigenvalue weighted by atomic mass is 10.1. The molecule has 0 spiro atoms. The number of aryl methyl sites for hydroxylation is 1. The van der Waals surface area contributed by atoms with Gasteiger partial charge in [-0.3, -0.25) is 0 Å². The van der Waals surface area contributed by atoms with E-state index in [-0.39, 0.29) is 11.8 Å². The third-order valence-corrected chi connectivity index (χ3v) is 6.32. The van der Waals surface area contributed by atoms with Crippen LogP contribution in [-0.4, -0.2) is 39.1 Å². The number of benzene rings is 1. The highest BCUT2D eigenvalue weighted by molar-refractivity contribution is 7.91. The van der Waals surface area contributed by atoms with Crippen LogP contribution in [0.2, 0.25) is 0 Å². The molecule has 21 heavy (non-hydrogen) atoms. The van der Waals surface area contributed by atoms with Gasteiger partial charge in [0.05, 0.1) is 11.5 Å². The van der Waals surface area contributed by atoms with Crippen molar-refractivity contribution in [1.29, 1.82) is 0 Å². The molecule has 0 aromatic heterocycles. The van der Waals surface area contributed by atoms with Gasteiger partial charge in [-0.1, -0.05) is 12.1 Å². The molecule has 1 saturated heterocycles. The molecule has 4 nitrogen and oxygen atoms in total. The summed E-state index contributed by atoms with van der Waals surface area (Å²) in [6.45, 7) is 3.03. The Morgan fingerprint density at radius 3 is 2.62 bits per heavy atom. The SMILES string of the molecule is Cc1cc(CNC2CC2)ccc1N(C)C1CCS(=O)(=O)C1. The number of nitrogens with one attached hydrogen (secondary N) is 1. The van der Waals surface area contributed by atoms with E-state index >= 15 is 0 Å². The Morgan fingerprint density at radius 2 is 2.05 bits per heavy atom. The number of hydrogen-bond acceptors (Lipinski definition) is 4. The Hall–Kier alpha value is -1.07. The van der Waals surface area contributed by atoms with E-state index in [1.807, 2.05) is 7.05 Å². The summed E-state index contributed by atoms with van der Waals surface area (Å²) in [5.74, 6) is 0.609. The van der Waals surface area contributed by atoms with Crippen LogP contribution >= 0.6 is 0 Å². The fraction of sp³-hybridized carbons (Fsp3) is 0.625. The van der Waals surface area contributed by atoms with Crippen LogP contribution in [-0.2, 0) is 16.4 Å². The van der Waals surface area contributed by atoms with Gasteiger partial charge in [-0.25, -0.2) is 8.42 Å². The minimum Gasteiger partial charge on any atom is -0.370 e. The van der Waals surface area contributed by atoms with E-state index in [1.165, 1.54) is 24.0 Å². The molecule has 0 amide bonds. The van der Waals surface area contributed by atoms with Gasteiger partial charge in [-0.15, -0.1) is 0 Å². The van der Waals surface area contributed by atoms with Gasteiger partial charge in [0.1, 0.15) is 0 Å². The van der Waals surface area contributed by atoms with Crippen molar-refractivity contribution in [2.75, 3.05) is 23.5 Å². The summed E-state index contributed by atoms with van der Waals surface area (Å²) in [7, 11) is -0.822. The standard InChI is InChI=1S/C16H24N2O2S/c1-12-9-13(10-17-14-4-5-14)3-6-16(12)18(2)15-7-8-21(19,20)11-15/h3,6,9,14-15,17H,4-5,7-8,10-11H2,1-2H3. The van der Waals surface area contributed by atoms with Crippen LogP contribution in [0.15, 0.2) is 18.2 Å². The lowest BCUT2D eigenvalue weighted by molar-refractivity contribution is 0.601. The second-order valence-electron chi connectivity index (χ2n) is 6.44. The maximum absolute atomic E-state index is 11.6. The normalized spacial score (nSPS) is 24.2. The second kappa shape index (κ2) is 5.61. The van der Waals surface area contributed by atoms with E-state index in [4.69, 9.17) is 0 Å². The Balaban J connectivity index is 1.69. The van der Waals surface area contributed by atoms with Gasteiger partial charge in [0, 0.05) is 31.4 Å². The van der Waals surface area contributed by atoms with Crippen molar-refractivity contribution in [3.05, 3.63) is 29.3 Å². The molecule has 1 atom stereocenters. The number of hydrogen-bond donors (Lipinski definition) is 1. The zero-order valence-corrected chi connectivity index (χ0v) is 13.6. The van der Waals surface area contributed by atoms with E-state index < -0.39 is 9.84 Å². The third kappa shape index (κ3) is 3.58. The second-order valence-corrected chi connectivity index (χ2v) is 8.67. The van der Waals surface area contributed by atoms with Crippen molar-refractivity contribution in [2.24, 2.45) is 0 Å². The Bertz CT molecular complexity index is 623. The van der Waals surface area contributed by atoms with E-state index in [0.717, 1.165) is 24.7 Å². The molecule has 116 valence electrons. The highest BCUT2D eigenvalue weighted by Crippen LogP contribution is 2.27. The zero-order valence-electron chi connectivity index (χ0n) is 12.8. The predicted octanol–water partition coefficient (Wildman–Crippen LogP) is 1.87. The summed E-state index contributed by atoms with van der Waals surface area (Å²) < 4.78 is 23.3. The molecule has 1 saturated carbocycles. The molecule has 2 aliphatic rings. The van der Waals surface area contributed by atoms with Crippen molar-refractivity contribution in [2.45, 2.75) is 44.8 Å². The van der Waals surface area contributed by atoms with Gasteiger partial charge < -0.3 is 10.2 Å². The minimum atomic E-state index is -2.83. The molecule has 0 bridgehead atoms. The maximum Gasteiger partial charge on any atom is 0.152 e. The average molecular weight is 308 g/mol. The van der Waals surface area contributed by atoms with Crippen LogP contribution in [0.3, 0.4) is 0 Å². The number of nitrogens with zero attached hydrogens (tertiary/aromatic N) is 1. The van der Waals surface area contributed by atoms with Crippen LogP contribution in [0.1, 0.15) is 30.4 Å². The molecular formula is C16H24N2O2S. The molecular weight excluding hydrogens is 284 g/mol. The summed E-state index contributed by atoms with van der Waals surface area (Å²) in [6.07, 6.45) is 3.34. The first-order valence-electron chi connectivity index (χ1n) is 7.71. The molecule has 5 heteroatoms. The first-order chi connectivity index (χ1) is 9.94. The van der Waals surface area contributed by atoms with E-state index in [0.29, 0.717) is 5.75 Å². The lowest BCUT2D eigenvalue weighted by Gasteiger charge is -2.27. The molecule has 1 aliphatic heterocycles. The van der Waals surface area contributed by atoms with Gasteiger partial charge in [-0.2, -0.15) is 0 Å². The molecule has 1 aromatic carbocycles. The first kappa shape index (κ1) is 14.9. The summed E-state index contributed by atoms with van der Waals surface area (Å²) >= 11 is 0. The van der Waals surface area contributed by atoms with E-state index in [9.17, 15) is 8.42 Å². The fourth-order valence-electron chi connectivity index (χ4n) is 3.05. The van der Waals surface area contributed by atoms with Crippen LogP contribution in [0.25, 0.3) is 0 Å². The van der Waals surface area contributed by atoms with Crippen molar-refractivity contribution in [3.63, 3.8) is 0 Å². The topological polar surface area (TPSA) is 49.4 Å². The maximum atomic E-state index is 11.6. The highest BCUT2D eigenvalue weighted by Gasteiger charge is 2.31. The Labute approximate surface area is 127 Å². The van der Waals surface area contributed by atoms with Gasteiger partial charge in [0.25, 0.3) is 0 Å². The van der Waals surface area contributed by atoms with Gasteiger partial charge in [0.2, 0.25) is 0 Å². The zero-order chi connectivity index (χ0) is 15.0. The van der Waals surface area contributed by atoms with Crippen molar-refractivity contribution in [3.8, 4) is 0 Å². The molecule has 1 heterocycles. The number of rotatable bonds is 5. The molecule has 0 radical (unpaired) electrons. The third-order valence-electron chi connectivity index (χ3n) is 4.57. The molecule has 2 fully saturated rings. The number of anilines is 1. The Kier molecular flexibility index (Phi) is 3.97. The Morgan fingerprint density at radius 1 is 1.29 bits per heavy atom. The van der Waals surface area contributed by atoms with Crippen molar-refractivity contribution in [1.82, 2.24) is 5.32 Å². The molecule has 1 aliphatic carbocycles. The van der Waals surface area contributed by atoms with Gasteiger partial charge in [-0.05, 0) is 43.4 Å². The molecule has 1 unspecified atom stereocenters. The summed E-state index contributed by atoms with van der Waals surface area (Å²) in [4.78, 5) is 2.14. The van der Waals surface area contributed by atoms with Gasteiger partial charge >= 0.3 is 0 Å². The average Bonchev–Trinajstić information content (AvgIpc) is 3.18. The quantitative estimate of drug-likeness (QED) is 0.902. The monoisotopic (exact) mass is 308 g/mol. The largest absolute Gasteiger partial charge is 0.370 e.